The van der Waals surface area contributed by atoms with Gasteiger partial charge in [0, 0.05) is 12.1 Å². The molecule has 4 rings (SSSR count). The third-order valence-electron chi connectivity index (χ3n) is 4.12. The smallest absolute Gasteiger partial charge is 0.0369 e. The fourth-order valence-corrected chi connectivity index (χ4v) is 3.30. The van der Waals surface area contributed by atoms with Crippen molar-refractivity contribution in [3.05, 3.63) is 70.8 Å². The lowest BCUT2D eigenvalue weighted by atomic mass is 9.89. The molecule has 0 spiro atoms. The fraction of sp³-hybridized carbons (Fsp3) is 0.250. The lowest BCUT2D eigenvalue weighted by Crippen LogP contribution is -2.17. The van der Waals surface area contributed by atoms with Crippen molar-refractivity contribution in [3.8, 4) is 0 Å². The first-order valence-electron chi connectivity index (χ1n) is 6.33. The number of hydrogen-bond donors (Lipinski definition) is 1. The van der Waals surface area contributed by atoms with Gasteiger partial charge in [0.1, 0.15) is 0 Å². The van der Waals surface area contributed by atoms with E-state index < -0.39 is 0 Å². The molecule has 2 heteroatoms. The largest absolute Gasteiger partial charge is 0.302 e. The SMILES string of the molecule is Cl.c1ccc2c(c1)CC1NC(C2)c2ccccc21. The number of benzene rings is 2. The first kappa shape index (κ1) is 11.8. The van der Waals surface area contributed by atoms with Crippen LogP contribution in [0, 0.1) is 0 Å². The van der Waals surface area contributed by atoms with E-state index in [1.54, 1.807) is 0 Å². The molecule has 0 radical (unpaired) electrons. The Bertz CT molecular complexity index is 529. The second-order valence-corrected chi connectivity index (χ2v) is 5.08. The van der Waals surface area contributed by atoms with Gasteiger partial charge in [0.25, 0.3) is 0 Å². The number of rotatable bonds is 0. The Labute approximate surface area is 114 Å². The van der Waals surface area contributed by atoms with Gasteiger partial charge in [-0.15, -0.1) is 12.4 Å². The lowest BCUT2D eigenvalue weighted by Gasteiger charge is -2.14. The highest BCUT2D eigenvalue weighted by molar-refractivity contribution is 5.85. The Hall–Kier alpha value is -1.31. The maximum absolute atomic E-state index is 3.77. The predicted molar refractivity (Wildman–Crippen MR) is 76.2 cm³/mol. The summed E-state index contributed by atoms with van der Waals surface area (Å²) >= 11 is 0. The molecular weight excluding hydrogens is 242 g/mol. The van der Waals surface area contributed by atoms with E-state index >= 15 is 0 Å². The molecule has 92 valence electrons. The minimum absolute atomic E-state index is 0. The van der Waals surface area contributed by atoms with E-state index in [0.717, 1.165) is 12.8 Å². The van der Waals surface area contributed by atoms with Crippen molar-refractivity contribution in [1.82, 2.24) is 5.32 Å². The summed E-state index contributed by atoms with van der Waals surface area (Å²) in [6.07, 6.45) is 2.26. The fourth-order valence-electron chi connectivity index (χ4n) is 3.30. The molecule has 1 nitrogen and oxygen atoms in total. The summed E-state index contributed by atoms with van der Waals surface area (Å²) in [6.45, 7) is 0. The van der Waals surface area contributed by atoms with Crippen molar-refractivity contribution in [2.24, 2.45) is 0 Å². The Morgan fingerprint density at radius 3 is 1.67 bits per heavy atom. The molecule has 2 aromatic carbocycles. The van der Waals surface area contributed by atoms with Crippen LogP contribution in [0.3, 0.4) is 0 Å². The van der Waals surface area contributed by atoms with E-state index in [0.29, 0.717) is 12.1 Å². The van der Waals surface area contributed by atoms with Crippen LogP contribution in [-0.2, 0) is 12.8 Å². The standard InChI is InChI=1S/C16H15N.ClH/c1-2-6-12-10-16-14-8-4-3-7-13(14)15(17-16)9-11(12)5-1;/h1-8,15-17H,9-10H2;1H. The van der Waals surface area contributed by atoms with Crippen LogP contribution in [0.25, 0.3) is 0 Å². The average molecular weight is 258 g/mol. The van der Waals surface area contributed by atoms with Gasteiger partial charge in [0.05, 0.1) is 0 Å². The zero-order valence-corrected chi connectivity index (χ0v) is 10.9. The van der Waals surface area contributed by atoms with E-state index in [2.05, 4.69) is 53.8 Å². The molecule has 2 aliphatic heterocycles. The van der Waals surface area contributed by atoms with E-state index in [-0.39, 0.29) is 12.4 Å². The second kappa shape index (κ2) is 4.42. The lowest BCUT2D eigenvalue weighted by molar-refractivity contribution is 0.511. The molecule has 18 heavy (non-hydrogen) atoms. The zero-order chi connectivity index (χ0) is 11.2. The molecule has 2 aromatic rings. The van der Waals surface area contributed by atoms with Crippen LogP contribution in [-0.4, -0.2) is 0 Å². The van der Waals surface area contributed by atoms with Gasteiger partial charge >= 0.3 is 0 Å². The number of halogens is 1. The van der Waals surface area contributed by atoms with Gasteiger partial charge < -0.3 is 5.32 Å². The monoisotopic (exact) mass is 257 g/mol. The molecule has 2 unspecified atom stereocenters. The van der Waals surface area contributed by atoms with Gasteiger partial charge in [-0.25, -0.2) is 0 Å². The third-order valence-corrected chi connectivity index (χ3v) is 4.12. The van der Waals surface area contributed by atoms with Crippen LogP contribution in [0.1, 0.15) is 34.3 Å². The molecule has 2 bridgehead atoms. The highest BCUT2D eigenvalue weighted by Crippen LogP contribution is 2.40. The zero-order valence-electron chi connectivity index (χ0n) is 10.1. The van der Waals surface area contributed by atoms with Gasteiger partial charge in [-0.05, 0) is 35.1 Å². The van der Waals surface area contributed by atoms with Crippen molar-refractivity contribution in [2.75, 3.05) is 0 Å². The van der Waals surface area contributed by atoms with Gasteiger partial charge in [-0.3, -0.25) is 0 Å². The van der Waals surface area contributed by atoms with Gasteiger partial charge in [0.15, 0.2) is 0 Å². The molecule has 0 aromatic heterocycles. The van der Waals surface area contributed by atoms with E-state index in [9.17, 15) is 0 Å². The van der Waals surface area contributed by atoms with Crippen LogP contribution in [0.15, 0.2) is 48.5 Å². The summed E-state index contributed by atoms with van der Waals surface area (Å²) in [5, 5.41) is 3.77. The van der Waals surface area contributed by atoms with Crippen molar-refractivity contribution < 1.29 is 0 Å². The van der Waals surface area contributed by atoms with Gasteiger partial charge in [-0.2, -0.15) is 0 Å². The normalized spacial score (nSPS) is 23.6. The molecule has 2 atom stereocenters. The van der Waals surface area contributed by atoms with E-state index in [4.69, 9.17) is 0 Å². The molecular formula is C16H16ClN. The summed E-state index contributed by atoms with van der Waals surface area (Å²) in [5.74, 6) is 0. The number of fused-ring (bicyclic) bond motifs is 6. The highest BCUT2D eigenvalue weighted by atomic mass is 35.5. The summed E-state index contributed by atoms with van der Waals surface area (Å²) in [4.78, 5) is 0. The minimum atomic E-state index is 0. The predicted octanol–water partition coefficient (Wildman–Crippen LogP) is 3.59. The topological polar surface area (TPSA) is 12.0 Å². The van der Waals surface area contributed by atoms with Gasteiger partial charge in [0.2, 0.25) is 0 Å². The average Bonchev–Trinajstić information content (AvgIpc) is 2.59. The Morgan fingerprint density at radius 1 is 0.722 bits per heavy atom. The molecule has 2 aliphatic rings. The van der Waals surface area contributed by atoms with Crippen LogP contribution in [0.4, 0.5) is 0 Å². The summed E-state index contributed by atoms with van der Waals surface area (Å²) < 4.78 is 0. The molecule has 0 saturated carbocycles. The van der Waals surface area contributed by atoms with Crippen molar-refractivity contribution in [2.45, 2.75) is 24.9 Å². The van der Waals surface area contributed by atoms with Crippen LogP contribution in [0.5, 0.6) is 0 Å². The number of nitrogens with one attached hydrogen (secondary N) is 1. The van der Waals surface area contributed by atoms with Crippen LogP contribution >= 0.6 is 12.4 Å². The molecule has 2 heterocycles. The Kier molecular flexibility index (Phi) is 2.89. The maximum Gasteiger partial charge on any atom is 0.0369 e. The first-order chi connectivity index (χ1) is 8.42. The molecule has 1 N–H and O–H groups in total. The number of hydrogen-bond acceptors (Lipinski definition) is 1. The van der Waals surface area contributed by atoms with Crippen LogP contribution < -0.4 is 5.32 Å². The molecule has 0 fully saturated rings. The molecule has 0 saturated heterocycles. The van der Waals surface area contributed by atoms with E-state index in [1.165, 1.54) is 22.3 Å². The summed E-state index contributed by atoms with van der Waals surface area (Å²) in [7, 11) is 0. The quantitative estimate of drug-likeness (QED) is 0.761. The highest BCUT2D eigenvalue weighted by Gasteiger charge is 2.33. The Morgan fingerprint density at radius 2 is 1.17 bits per heavy atom. The summed E-state index contributed by atoms with van der Waals surface area (Å²) in [5.41, 5.74) is 6.04. The first-order valence-corrected chi connectivity index (χ1v) is 6.33. The Balaban J connectivity index is 0.000001000. The third kappa shape index (κ3) is 1.66. The van der Waals surface area contributed by atoms with Crippen molar-refractivity contribution in [1.29, 1.82) is 0 Å². The summed E-state index contributed by atoms with van der Waals surface area (Å²) in [6, 6.07) is 18.8. The molecule has 0 amide bonds. The van der Waals surface area contributed by atoms with Gasteiger partial charge in [-0.1, -0.05) is 48.5 Å². The second-order valence-electron chi connectivity index (χ2n) is 5.08. The van der Waals surface area contributed by atoms with Crippen molar-refractivity contribution in [3.63, 3.8) is 0 Å². The van der Waals surface area contributed by atoms with E-state index in [1.807, 2.05) is 0 Å². The maximum atomic E-state index is 3.77. The van der Waals surface area contributed by atoms with Crippen LogP contribution in [0.2, 0.25) is 0 Å². The van der Waals surface area contributed by atoms with Crippen molar-refractivity contribution >= 4 is 12.4 Å². The minimum Gasteiger partial charge on any atom is -0.302 e. The molecule has 0 aliphatic carbocycles.